The number of hydrogen-bond donors (Lipinski definition) is 0. The first-order valence-electron chi connectivity index (χ1n) is 10.9. The summed E-state index contributed by atoms with van der Waals surface area (Å²) in [6.45, 7) is 3.89. The molecule has 0 saturated carbocycles. The van der Waals surface area contributed by atoms with Crippen LogP contribution in [-0.2, 0) is 6.42 Å². The number of piperidine rings is 1. The number of halogens is 3. The predicted octanol–water partition coefficient (Wildman–Crippen LogP) is 6.84. The van der Waals surface area contributed by atoms with Gasteiger partial charge in [0.1, 0.15) is 11.4 Å². The number of likely N-dealkylation sites (tertiary alicyclic amines) is 1. The van der Waals surface area contributed by atoms with E-state index in [0.717, 1.165) is 28.8 Å². The Morgan fingerprint density at radius 2 is 1.66 bits per heavy atom. The predicted molar refractivity (Wildman–Crippen MR) is 124 cm³/mol. The molecule has 0 aliphatic carbocycles. The first kappa shape index (κ1) is 22.7. The van der Waals surface area contributed by atoms with Crippen LogP contribution in [0.4, 0.5) is 8.78 Å². The van der Waals surface area contributed by atoms with Gasteiger partial charge in [-0.3, -0.25) is 4.98 Å². The van der Waals surface area contributed by atoms with E-state index in [4.69, 9.17) is 16.3 Å². The van der Waals surface area contributed by atoms with Crippen molar-refractivity contribution in [1.29, 1.82) is 0 Å². The second kappa shape index (κ2) is 9.55. The topological polar surface area (TPSA) is 25.4 Å². The summed E-state index contributed by atoms with van der Waals surface area (Å²) in [6, 6.07) is 19.3. The molecule has 1 aliphatic rings. The molecule has 2 unspecified atom stereocenters. The third kappa shape index (κ3) is 5.11. The number of pyridine rings is 1. The molecule has 1 fully saturated rings. The van der Waals surface area contributed by atoms with Crippen LogP contribution in [0.25, 0.3) is 11.3 Å². The van der Waals surface area contributed by atoms with Crippen molar-refractivity contribution in [3.63, 3.8) is 0 Å². The van der Waals surface area contributed by atoms with E-state index in [-0.39, 0.29) is 12.8 Å². The molecule has 0 bridgehead atoms. The Hall–Kier alpha value is -2.50. The van der Waals surface area contributed by atoms with E-state index in [9.17, 15) is 8.78 Å². The zero-order chi connectivity index (χ0) is 22.7. The molecule has 1 saturated heterocycles. The summed E-state index contributed by atoms with van der Waals surface area (Å²) in [5.74, 6) is 0.618. The monoisotopic (exact) mass is 456 g/mol. The van der Waals surface area contributed by atoms with E-state index < -0.39 is 18.2 Å². The summed E-state index contributed by atoms with van der Waals surface area (Å²) in [7, 11) is 0. The normalized spacial score (nSPS) is 23.8. The molecule has 3 nitrogen and oxygen atoms in total. The molecule has 0 spiro atoms. The molecular weight excluding hydrogens is 430 g/mol. The van der Waals surface area contributed by atoms with E-state index >= 15 is 0 Å². The van der Waals surface area contributed by atoms with E-state index in [0.29, 0.717) is 17.3 Å². The van der Waals surface area contributed by atoms with Crippen molar-refractivity contribution < 1.29 is 13.5 Å². The van der Waals surface area contributed by atoms with Crippen molar-refractivity contribution in [2.75, 3.05) is 6.54 Å². The smallest absolute Gasteiger partial charge is 0.159 e. The van der Waals surface area contributed by atoms with Gasteiger partial charge in [-0.2, -0.15) is 0 Å². The number of rotatable bonds is 6. The van der Waals surface area contributed by atoms with Crippen molar-refractivity contribution in [1.82, 2.24) is 9.88 Å². The van der Waals surface area contributed by atoms with Crippen molar-refractivity contribution in [2.45, 2.75) is 51.3 Å². The van der Waals surface area contributed by atoms with Crippen LogP contribution in [0.15, 0.2) is 66.9 Å². The van der Waals surface area contributed by atoms with Crippen molar-refractivity contribution in [3.8, 4) is 17.0 Å². The number of benzene rings is 2. The maximum absolute atomic E-state index is 14.4. The number of hydrogen-bond acceptors (Lipinski definition) is 3. The average molecular weight is 457 g/mol. The van der Waals surface area contributed by atoms with Gasteiger partial charge >= 0.3 is 0 Å². The third-order valence-corrected chi connectivity index (χ3v) is 6.29. The fraction of sp³-hybridized carbons (Fsp3) is 0.346. The van der Waals surface area contributed by atoms with E-state index in [1.54, 1.807) is 13.8 Å². The van der Waals surface area contributed by atoms with Crippen LogP contribution >= 0.6 is 11.6 Å². The molecule has 2 aromatic carbocycles. The minimum Gasteiger partial charge on any atom is -0.487 e. The molecule has 2 atom stereocenters. The quantitative estimate of drug-likeness (QED) is 0.380. The molecule has 0 amide bonds. The van der Waals surface area contributed by atoms with E-state index in [1.165, 1.54) is 4.90 Å². The van der Waals surface area contributed by atoms with Gasteiger partial charge in [-0.25, -0.2) is 13.7 Å². The maximum atomic E-state index is 14.4. The Morgan fingerprint density at radius 3 is 2.25 bits per heavy atom. The lowest BCUT2D eigenvalue weighted by Crippen LogP contribution is -2.53. The highest BCUT2D eigenvalue weighted by Gasteiger charge is 2.43. The van der Waals surface area contributed by atoms with Gasteiger partial charge in [0.15, 0.2) is 12.6 Å². The zero-order valence-electron chi connectivity index (χ0n) is 18.3. The molecule has 1 aromatic heterocycles. The Kier molecular flexibility index (Phi) is 6.77. The lowest BCUT2D eigenvalue weighted by Gasteiger charge is -2.43. The molecule has 6 heteroatoms. The summed E-state index contributed by atoms with van der Waals surface area (Å²) in [4.78, 5) is 5.79. The Bertz CT molecular complexity index is 1030. The SMILES string of the molecule is CCN1C(F)CC(C)(Oc2ccc(Cc3ccc(-c4ccccc4Cl)nc3)cc2)CC1F. The lowest BCUT2D eigenvalue weighted by atomic mass is 9.91. The van der Waals surface area contributed by atoms with Crippen LogP contribution in [0.5, 0.6) is 5.75 Å². The minimum atomic E-state index is -1.34. The summed E-state index contributed by atoms with van der Waals surface area (Å²) >= 11 is 6.26. The van der Waals surface area contributed by atoms with Crippen molar-refractivity contribution in [2.24, 2.45) is 0 Å². The molecule has 4 rings (SSSR count). The molecule has 0 radical (unpaired) electrons. The van der Waals surface area contributed by atoms with Crippen LogP contribution in [0.3, 0.4) is 0 Å². The van der Waals surface area contributed by atoms with Crippen LogP contribution in [0, 0.1) is 0 Å². The summed E-state index contributed by atoms with van der Waals surface area (Å²) in [6.07, 6.45) is 0.189. The van der Waals surface area contributed by atoms with Gasteiger partial charge in [0.2, 0.25) is 0 Å². The fourth-order valence-electron chi connectivity index (χ4n) is 4.24. The van der Waals surface area contributed by atoms with E-state index in [2.05, 4.69) is 4.98 Å². The molecule has 2 heterocycles. The van der Waals surface area contributed by atoms with Gasteiger partial charge in [-0.1, -0.05) is 54.9 Å². The van der Waals surface area contributed by atoms with Crippen LogP contribution in [0.1, 0.15) is 37.8 Å². The van der Waals surface area contributed by atoms with Gasteiger partial charge in [-0.05, 0) is 48.7 Å². The number of aromatic nitrogens is 1. The second-order valence-electron chi connectivity index (χ2n) is 8.51. The summed E-state index contributed by atoms with van der Waals surface area (Å²) in [5.41, 5.74) is 3.05. The third-order valence-electron chi connectivity index (χ3n) is 5.96. The number of ether oxygens (including phenoxy) is 1. The van der Waals surface area contributed by atoms with Crippen LogP contribution in [-0.4, -0.2) is 34.6 Å². The first-order chi connectivity index (χ1) is 15.4. The molecule has 168 valence electrons. The largest absolute Gasteiger partial charge is 0.487 e. The van der Waals surface area contributed by atoms with E-state index in [1.807, 2.05) is 66.9 Å². The van der Waals surface area contributed by atoms with Crippen molar-refractivity contribution >= 4 is 11.6 Å². The molecule has 1 aliphatic heterocycles. The van der Waals surface area contributed by atoms with Gasteiger partial charge in [0.05, 0.1) is 5.69 Å². The highest BCUT2D eigenvalue weighted by molar-refractivity contribution is 6.33. The van der Waals surface area contributed by atoms with Gasteiger partial charge in [-0.15, -0.1) is 0 Å². The maximum Gasteiger partial charge on any atom is 0.159 e. The number of nitrogens with zero attached hydrogens (tertiary/aromatic N) is 2. The first-order valence-corrected chi connectivity index (χ1v) is 11.3. The standard InChI is InChI=1S/C26H27ClF2N2O/c1-3-31-24(28)15-26(2,16-25(31)29)32-20-11-8-18(9-12-20)14-19-10-13-23(30-17-19)21-6-4-5-7-22(21)27/h4-13,17,24-25H,3,14-16H2,1-2H3. The summed E-state index contributed by atoms with van der Waals surface area (Å²) < 4.78 is 34.7. The Balaban J connectivity index is 1.39. The zero-order valence-corrected chi connectivity index (χ0v) is 19.0. The molecule has 32 heavy (non-hydrogen) atoms. The second-order valence-corrected chi connectivity index (χ2v) is 8.92. The highest BCUT2D eigenvalue weighted by atomic mass is 35.5. The highest BCUT2D eigenvalue weighted by Crippen LogP contribution is 2.36. The van der Waals surface area contributed by atoms with Gasteiger partial charge < -0.3 is 4.74 Å². The van der Waals surface area contributed by atoms with Crippen LogP contribution in [0.2, 0.25) is 5.02 Å². The lowest BCUT2D eigenvalue weighted by molar-refractivity contribution is -0.124. The molecule has 3 aromatic rings. The number of alkyl halides is 2. The van der Waals surface area contributed by atoms with Crippen LogP contribution < -0.4 is 4.74 Å². The Morgan fingerprint density at radius 1 is 1.00 bits per heavy atom. The molecular formula is C26H27ClF2N2O. The van der Waals surface area contributed by atoms with Crippen molar-refractivity contribution in [3.05, 3.63) is 83.0 Å². The average Bonchev–Trinajstić information content (AvgIpc) is 2.76. The summed E-state index contributed by atoms with van der Waals surface area (Å²) in [5, 5.41) is 0.676. The van der Waals surface area contributed by atoms with Gasteiger partial charge in [0.25, 0.3) is 0 Å². The van der Waals surface area contributed by atoms with Gasteiger partial charge in [0, 0.05) is 36.2 Å². The molecule has 0 N–H and O–H groups in total. The minimum absolute atomic E-state index is 0.145. The Labute approximate surface area is 193 Å². The fourth-order valence-corrected chi connectivity index (χ4v) is 4.47.